The van der Waals surface area contributed by atoms with Crippen molar-refractivity contribution in [1.29, 1.82) is 0 Å². The molecule has 0 aliphatic rings. The summed E-state index contributed by atoms with van der Waals surface area (Å²) in [5.41, 5.74) is 0. The molecule has 0 bridgehead atoms. The van der Waals surface area contributed by atoms with E-state index in [2.05, 4.69) is 0 Å². The minimum atomic E-state index is -4.91. The van der Waals surface area contributed by atoms with Crippen molar-refractivity contribution in [2.24, 2.45) is 0 Å². The quantitative estimate of drug-likeness (QED) is 0.272. The molecule has 0 aromatic heterocycles. The van der Waals surface area contributed by atoms with E-state index in [9.17, 15) is 9.13 Å². The molecule has 0 aliphatic heterocycles. The van der Waals surface area contributed by atoms with Crippen molar-refractivity contribution >= 4 is 163 Å². The van der Waals surface area contributed by atoms with Gasteiger partial charge in [-0.2, -0.15) is 0 Å². The van der Waals surface area contributed by atoms with Gasteiger partial charge in [0, 0.05) is 148 Å². The molecule has 0 heterocycles. The Morgan fingerprint density at radius 1 is 0.750 bits per heavy atom. The molecule has 0 saturated carbocycles. The van der Waals surface area contributed by atoms with Crippen LogP contribution in [0.4, 0.5) is 0 Å². The second-order valence-corrected chi connectivity index (χ2v) is 5.85. The summed E-state index contributed by atoms with van der Waals surface area (Å²) in [5, 5.41) is 5.92. The second kappa shape index (κ2) is 16.6. The summed E-state index contributed by atoms with van der Waals surface area (Å²) in [6.07, 6.45) is 0. The third-order valence-corrected chi connectivity index (χ3v) is 4.62. The Morgan fingerprint density at radius 2 is 0.938 bits per heavy atom. The van der Waals surface area contributed by atoms with Crippen LogP contribution in [0.15, 0.2) is 0 Å². The second-order valence-electron chi connectivity index (χ2n) is 1.84. The Labute approximate surface area is 204 Å². The Kier molecular flexibility index (Phi) is 38.9. The van der Waals surface area contributed by atoms with E-state index in [1.54, 1.807) is 0 Å². The molecule has 0 fully saturated rings. The van der Waals surface area contributed by atoms with E-state index in [1.165, 1.54) is 0 Å². The van der Waals surface area contributed by atoms with Gasteiger partial charge in [-0.1, -0.05) is 0 Å². The van der Waals surface area contributed by atoms with Gasteiger partial charge in [0.15, 0.2) is 5.40 Å². The molecule has 0 aromatic rings. The standard InChI is InChI=1S/C2H8O7P2.5Na/c3-1-2(10(4,5)6)11(7,8)9;;;;;/h2-3H,1H2,(H2,4,5,6)(H2,7,8,9);;;;;. The van der Waals surface area contributed by atoms with Crippen LogP contribution in [-0.4, -0.2) is 184 Å². The molecule has 0 saturated heterocycles. The number of hydrogen-bond donors (Lipinski definition) is 5. The summed E-state index contributed by atoms with van der Waals surface area (Å²) < 4.78 is 20.5. The molecule has 0 spiro atoms. The van der Waals surface area contributed by atoms with Crippen LogP contribution in [0.5, 0.6) is 0 Å². The summed E-state index contributed by atoms with van der Waals surface area (Å²) in [6.45, 7) is -1.24. The topological polar surface area (TPSA) is 135 Å². The van der Waals surface area contributed by atoms with Gasteiger partial charge in [-0.3, -0.25) is 9.13 Å². The zero-order valence-corrected chi connectivity index (χ0v) is 22.0. The van der Waals surface area contributed by atoms with Crippen molar-refractivity contribution in [3.05, 3.63) is 0 Å². The summed E-state index contributed by atoms with van der Waals surface area (Å²) in [7, 11) is -9.82. The molecule has 0 aliphatic carbocycles. The maximum atomic E-state index is 10.3. The van der Waals surface area contributed by atoms with E-state index in [0.29, 0.717) is 0 Å². The zero-order chi connectivity index (χ0) is 9.28. The van der Waals surface area contributed by atoms with Gasteiger partial charge in [0.1, 0.15) is 0 Å². The van der Waals surface area contributed by atoms with Gasteiger partial charge in [-0.05, 0) is 0 Å². The smallest absolute Gasteiger partial charge is 0.343 e. The van der Waals surface area contributed by atoms with Gasteiger partial charge >= 0.3 is 15.2 Å². The minimum absolute atomic E-state index is 0. The third-order valence-electron chi connectivity index (χ3n) is 0.940. The molecule has 0 unspecified atom stereocenters. The predicted molar refractivity (Wildman–Crippen MR) is 63.7 cm³/mol. The van der Waals surface area contributed by atoms with Crippen molar-refractivity contribution in [1.82, 2.24) is 0 Å². The fourth-order valence-corrected chi connectivity index (χ4v) is 2.40. The largest absolute Gasteiger partial charge is 0.395 e. The van der Waals surface area contributed by atoms with E-state index in [-0.39, 0.29) is 148 Å². The normalized spacial score (nSPS) is 9.62. The van der Waals surface area contributed by atoms with Crippen LogP contribution in [0.3, 0.4) is 0 Å². The summed E-state index contributed by atoms with van der Waals surface area (Å²) in [4.78, 5) is 33.1. The molecular formula is C2H8Na5O7P2. The maximum absolute atomic E-state index is 10.3. The molecule has 0 rings (SSSR count). The van der Waals surface area contributed by atoms with Crippen LogP contribution in [0, 0.1) is 0 Å². The van der Waals surface area contributed by atoms with Gasteiger partial charge < -0.3 is 24.7 Å². The number of rotatable bonds is 3. The van der Waals surface area contributed by atoms with Gasteiger partial charge in [0.2, 0.25) is 0 Å². The van der Waals surface area contributed by atoms with Crippen LogP contribution in [0.1, 0.15) is 0 Å². The molecule has 7 nitrogen and oxygen atoms in total. The molecule has 5 N–H and O–H groups in total. The Balaban J connectivity index is -0.0000000500. The van der Waals surface area contributed by atoms with E-state index < -0.39 is 27.2 Å². The molecule has 16 heavy (non-hydrogen) atoms. The zero-order valence-electron chi connectivity index (χ0n) is 10.2. The van der Waals surface area contributed by atoms with Crippen LogP contribution >= 0.6 is 15.2 Å². The van der Waals surface area contributed by atoms with E-state index in [4.69, 9.17) is 24.7 Å². The van der Waals surface area contributed by atoms with Crippen LogP contribution in [0.25, 0.3) is 0 Å². The van der Waals surface area contributed by atoms with Crippen LogP contribution < -0.4 is 0 Å². The summed E-state index contributed by atoms with van der Waals surface area (Å²) in [5.74, 6) is 0. The first kappa shape index (κ1) is 37.5. The molecule has 14 heteroatoms. The Morgan fingerprint density at radius 3 is 0.938 bits per heavy atom. The summed E-state index contributed by atoms with van der Waals surface area (Å²) in [6, 6.07) is 0. The van der Waals surface area contributed by atoms with Crippen LogP contribution in [0.2, 0.25) is 0 Å². The van der Waals surface area contributed by atoms with Crippen LogP contribution in [-0.2, 0) is 9.13 Å². The monoisotopic (exact) mass is 321 g/mol. The van der Waals surface area contributed by atoms with E-state index in [1.807, 2.05) is 0 Å². The predicted octanol–water partition coefficient (Wildman–Crippen LogP) is -3.24. The fraction of sp³-hybridized carbons (Fsp3) is 1.00. The van der Waals surface area contributed by atoms with Crippen molar-refractivity contribution in [3.8, 4) is 0 Å². The first-order valence-electron chi connectivity index (χ1n) is 2.41. The first-order valence-corrected chi connectivity index (χ1v) is 5.77. The number of hydrogen-bond acceptors (Lipinski definition) is 3. The van der Waals surface area contributed by atoms with Crippen molar-refractivity contribution < 1.29 is 33.8 Å². The Hall–Kier alpha value is 5.26. The van der Waals surface area contributed by atoms with Gasteiger partial charge in [0.25, 0.3) is 0 Å². The van der Waals surface area contributed by atoms with Gasteiger partial charge in [0.05, 0.1) is 6.61 Å². The molecule has 0 atom stereocenters. The third kappa shape index (κ3) is 17.3. The molecule has 5 radical (unpaired) electrons. The SMILES string of the molecule is O=P(O)(O)C(CO)P(=O)(O)O.[Na].[Na].[Na].[Na].[Na]. The van der Waals surface area contributed by atoms with E-state index >= 15 is 0 Å². The summed E-state index contributed by atoms with van der Waals surface area (Å²) >= 11 is 0. The molecule has 0 amide bonds. The Bertz CT molecular complexity index is 203. The first-order chi connectivity index (χ1) is 4.69. The molecular weight excluding hydrogens is 313 g/mol. The average molecular weight is 321 g/mol. The van der Waals surface area contributed by atoms with E-state index in [0.717, 1.165) is 0 Å². The van der Waals surface area contributed by atoms with Crippen molar-refractivity contribution in [2.75, 3.05) is 6.61 Å². The van der Waals surface area contributed by atoms with Crippen molar-refractivity contribution in [2.45, 2.75) is 5.40 Å². The van der Waals surface area contributed by atoms with Gasteiger partial charge in [-0.25, -0.2) is 0 Å². The molecule has 0 aromatic carbocycles. The van der Waals surface area contributed by atoms with Gasteiger partial charge in [-0.15, -0.1) is 0 Å². The number of aliphatic hydroxyl groups excluding tert-OH is 1. The average Bonchev–Trinajstić information content (AvgIpc) is 1.56. The maximum Gasteiger partial charge on any atom is 0.343 e. The molecule has 73 valence electrons. The fourth-order valence-electron chi connectivity index (χ4n) is 0.409. The minimum Gasteiger partial charge on any atom is -0.395 e. The van der Waals surface area contributed by atoms with Crippen molar-refractivity contribution in [3.63, 3.8) is 0 Å². The number of aliphatic hydroxyl groups is 1.